The van der Waals surface area contributed by atoms with Gasteiger partial charge in [0, 0.05) is 11.3 Å². The van der Waals surface area contributed by atoms with Gasteiger partial charge in [-0.1, -0.05) is 24.3 Å². The molecule has 194 valence electrons. The molecule has 2 amide bonds. The maximum absolute atomic E-state index is 13.2. The summed E-state index contributed by atoms with van der Waals surface area (Å²) in [6, 6.07) is 19.4. The minimum absolute atomic E-state index is 0.187. The number of rotatable bonds is 8. The number of nitrogens with one attached hydrogen (secondary N) is 1. The van der Waals surface area contributed by atoms with E-state index in [1.54, 1.807) is 62.4 Å². The largest absolute Gasteiger partial charge is 0.483 e. The predicted molar refractivity (Wildman–Crippen MR) is 147 cm³/mol. The molecular formula is C30H29N3O5. The van der Waals surface area contributed by atoms with E-state index in [0.717, 1.165) is 11.1 Å². The van der Waals surface area contributed by atoms with Gasteiger partial charge in [-0.25, -0.2) is 4.79 Å². The third kappa shape index (κ3) is 5.98. The second-order valence-corrected chi connectivity index (χ2v) is 8.80. The number of esters is 1. The topological polar surface area (TPSA) is 97.3 Å². The highest BCUT2D eigenvalue weighted by Gasteiger charge is 2.29. The van der Waals surface area contributed by atoms with E-state index in [1.807, 2.05) is 38.1 Å². The van der Waals surface area contributed by atoms with Crippen LogP contribution in [-0.2, 0) is 14.3 Å². The Morgan fingerprint density at radius 3 is 2.42 bits per heavy atom. The summed E-state index contributed by atoms with van der Waals surface area (Å²) in [7, 11) is 0. The summed E-state index contributed by atoms with van der Waals surface area (Å²) in [5.74, 6) is -0.559. The van der Waals surface area contributed by atoms with Crippen LogP contribution in [-0.4, -0.2) is 36.7 Å². The maximum atomic E-state index is 13.2. The van der Waals surface area contributed by atoms with Gasteiger partial charge in [0.15, 0.2) is 6.61 Å². The Balaban J connectivity index is 1.46. The standard InChI is InChI=1S/C30H29N3O5/c1-5-37-30(36)22-11-14-25(15-12-22)33-29(35)26(21(4)32-33)17-23-8-6-7-9-27(23)38-18-28(34)31-24-13-10-19(2)20(3)16-24/h6-17H,5,18H2,1-4H3,(H,31,34)/b26-17+. The molecule has 0 saturated carbocycles. The van der Waals surface area contributed by atoms with E-state index >= 15 is 0 Å². The lowest BCUT2D eigenvalue weighted by Gasteiger charge is -2.13. The van der Waals surface area contributed by atoms with Gasteiger partial charge in [0.2, 0.25) is 0 Å². The molecule has 38 heavy (non-hydrogen) atoms. The molecule has 8 nitrogen and oxygen atoms in total. The van der Waals surface area contributed by atoms with Crippen LogP contribution in [0.4, 0.5) is 11.4 Å². The highest BCUT2D eigenvalue weighted by Crippen LogP contribution is 2.28. The first kappa shape index (κ1) is 26.3. The summed E-state index contributed by atoms with van der Waals surface area (Å²) < 4.78 is 10.8. The first-order chi connectivity index (χ1) is 18.3. The molecule has 0 saturated heterocycles. The lowest BCUT2D eigenvalue weighted by atomic mass is 10.1. The fourth-order valence-electron chi connectivity index (χ4n) is 3.86. The average molecular weight is 512 g/mol. The molecule has 0 spiro atoms. The summed E-state index contributed by atoms with van der Waals surface area (Å²) in [5.41, 5.74) is 5.43. The Labute approximate surface area is 221 Å². The summed E-state index contributed by atoms with van der Waals surface area (Å²) in [6.07, 6.45) is 1.70. The molecule has 3 aromatic rings. The first-order valence-electron chi connectivity index (χ1n) is 12.2. The van der Waals surface area contributed by atoms with E-state index in [2.05, 4.69) is 10.4 Å². The van der Waals surface area contributed by atoms with E-state index in [0.29, 0.717) is 39.5 Å². The van der Waals surface area contributed by atoms with Gasteiger partial charge in [-0.15, -0.1) is 0 Å². The van der Waals surface area contributed by atoms with Gasteiger partial charge in [-0.2, -0.15) is 10.1 Å². The lowest BCUT2D eigenvalue weighted by Crippen LogP contribution is -2.21. The minimum atomic E-state index is -0.425. The Morgan fingerprint density at radius 1 is 0.974 bits per heavy atom. The smallest absolute Gasteiger partial charge is 0.338 e. The Hall–Kier alpha value is -4.72. The molecule has 0 atom stereocenters. The zero-order valence-corrected chi connectivity index (χ0v) is 21.8. The molecule has 4 rings (SSSR count). The number of hydrogen-bond donors (Lipinski definition) is 1. The van der Waals surface area contributed by atoms with Crippen molar-refractivity contribution >= 4 is 40.9 Å². The Morgan fingerprint density at radius 2 is 1.71 bits per heavy atom. The van der Waals surface area contributed by atoms with Crippen molar-refractivity contribution in [2.24, 2.45) is 5.10 Å². The molecule has 1 aliphatic rings. The van der Waals surface area contributed by atoms with Crippen LogP contribution in [0.2, 0.25) is 0 Å². The highest BCUT2D eigenvalue weighted by atomic mass is 16.5. The van der Waals surface area contributed by atoms with Crippen LogP contribution < -0.4 is 15.1 Å². The van der Waals surface area contributed by atoms with E-state index in [1.165, 1.54) is 5.01 Å². The quantitative estimate of drug-likeness (QED) is 0.327. The van der Waals surface area contributed by atoms with Crippen LogP contribution in [0.3, 0.4) is 0 Å². The van der Waals surface area contributed by atoms with Crippen molar-refractivity contribution in [3.05, 3.63) is 94.6 Å². The van der Waals surface area contributed by atoms with Crippen LogP contribution in [0.25, 0.3) is 6.08 Å². The molecule has 8 heteroatoms. The zero-order chi connectivity index (χ0) is 27.2. The molecule has 1 N–H and O–H groups in total. The van der Waals surface area contributed by atoms with Gasteiger partial charge in [-0.3, -0.25) is 9.59 Å². The fraction of sp³-hybridized carbons (Fsp3) is 0.200. The average Bonchev–Trinajstić information content (AvgIpc) is 3.19. The van der Waals surface area contributed by atoms with E-state index in [-0.39, 0.29) is 25.0 Å². The summed E-state index contributed by atoms with van der Waals surface area (Å²) in [4.78, 5) is 37.6. The second kappa shape index (κ2) is 11.6. The molecule has 1 heterocycles. The molecule has 3 aromatic carbocycles. The number of anilines is 2. The number of nitrogens with zero attached hydrogens (tertiary/aromatic N) is 2. The van der Waals surface area contributed by atoms with Gasteiger partial charge >= 0.3 is 5.97 Å². The van der Waals surface area contributed by atoms with Gasteiger partial charge < -0.3 is 14.8 Å². The number of carbonyl (C=O) groups is 3. The van der Waals surface area contributed by atoms with Crippen LogP contribution in [0.15, 0.2) is 77.4 Å². The van der Waals surface area contributed by atoms with Crippen molar-refractivity contribution in [3.63, 3.8) is 0 Å². The van der Waals surface area contributed by atoms with Crippen LogP contribution in [0.5, 0.6) is 5.75 Å². The molecule has 0 unspecified atom stereocenters. The lowest BCUT2D eigenvalue weighted by molar-refractivity contribution is -0.118. The Bertz CT molecular complexity index is 1440. The molecule has 0 aliphatic carbocycles. The van der Waals surface area contributed by atoms with Crippen molar-refractivity contribution in [1.29, 1.82) is 0 Å². The third-order valence-corrected chi connectivity index (χ3v) is 6.05. The molecule has 0 aromatic heterocycles. The van der Waals surface area contributed by atoms with Crippen molar-refractivity contribution in [2.75, 3.05) is 23.5 Å². The van der Waals surface area contributed by atoms with E-state index in [9.17, 15) is 14.4 Å². The Kier molecular flexibility index (Phi) is 8.01. The molecule has 0 fully saturated rings. The molecular weight excluding hydrogens is 482 g/mol. The van der Waals surface area contributed by atoms with Crippen LogP contribution in [0, 0.1) is 13.8 Å². The summed E-state index contributed by atoms with van der Waals surface area (Å²) >= 11 is 0. The second-order valence-electron chi connectivity index (χ2n) is 8.80. The van der Waals surface area contributed by atoms with Gasteiger partial charge in [0.1, 0.15) is 5.75 Å². The molecule has 0 radical (unpaired) electrons. The van der Waals surface area contributed by atoms with Crippen molar-refractivity contribution in [2.45, 2.75) is 27.7 Å². The van der Waals surface area contributed by atoms with E-state index < -0.39 is 5.97 Å². The fourth-order valence-corrected chi connectivity index (χ4v) is 3.86. The van der Waals surface area contributed by atoms with Gasteiger partial charge in [0.25, 0.3) is 11.8 Å². The monoisotopic (exact) mass is 511 g/mol. The normalized spacial score (nSPS) is 13.9. The van der Waals surface area contributed by atoms with Crippen LogP contribution in [0.1, 0.15) is 40.9 Å². The number of hydrazone groups is 1. The third-order valence-electron chi connectivity index (χ3n) is 6.05. The van der Waals surface area contributed by atoms with E-state index in [4.69, 9.17) is 9.47 Å². The summed E-state index contributed by atoms with van der Waals surface area (Å²) in [6.45, 7) is 7.58. The minimum Gasteiger partial charge on any atom is -0.483 e. The highest BCUT2D eigenvalue weighted by molar-refractivity contribution is 6.32. The first-order valence-corrected chi connectivity index (χ1v) is 12.2. The predicted octanol–water partition coefficient (Wildman–Crippen LogP) is 5.30. The number of aryl methyl sites for hydroxylation is 2. The number of hydrogen-bond acceptors (Lipinski definition) is 6. The zero-order valence-electron chi connectivity index (χ0n) is 21.8. The van der Waals surface area contributed by atoms with Gasteiger partial charge in [0.05, 0.1) is 29.1 Å². The summed E-state index contributed by atoms with van der Waals surface area (Å²) in [5, 5.41) is 8.53. The number of carbonyl (C=O) groups excluding carboxylic acids is 3. The van der Waals surface area contributed by atoms with Crippen molar-refractivity contribution < 1.29 is 23.9 Å². The SMILES string of the molecule is CCOC(=O)c1ccc(N2N=C(C)/C(=C\c3ccccc3OCC(=O)Nc3ccc(C)c(C)c3)C2=O)cc1. The number of para-hydroxylation sites is 1. The number of amides is 2. The number of ether oxygens (including phenoxy) is 2. The van der Waals surface area contributed by atoms with Crippen LogP contribution >= 0.6 is 0 Å². The van der Waals surface area contributed by atoms with Gasteiger partial charge in [-0.05, 0) is 87.4 Å². The maximum Gasteiger partial charge on any atom is 0.338 e. The number of benzene rings is 3. The van der Waals surface area contributed by atoms with Crippen molar-refractivity contribution in [1.82, 2.24) is 0 Å². The van der Waals surface area contributed by atoms with Crippen molar-refractivity contribution in [3.8, 4) is 5.75 Å². The molecule has 0 bridgehead atoms. The molecule has 1 aliphatic heterocycles.